The number of hydrogen-bond donors (Lipinski definition) is 1. The molecule has 0 saturated carbocycles. The van der Waals surface area contributed by atoms with E-state index in [1.54, 1.807) is 25.1 Å². The van der Waals surface area contributed by atoms with Gasteiger partial charge in [-0.05, 0) is 62.8 Å². The lowest BCUT2D eigenvalue weighted by atomic mass is 10.00. The highest BCUT2D eigenvalue weighted by molar-refractivity contribution is 9.09. The van der Waals surface area contributed by atoms with Crippen LogP contribution in [0, 0.1) is 0 Å². The molecule has 156 valence electrons. The molecule has 0 aromatic heterocycles. The first-order valence-electron chi connectivity index (χ1n) is 9.70. The predicted molar refractivity (Wildman–Crippen MR) is 110 cm³/mol. The summed E-state index contributed by atoms with van der Waals surface area (Å²) in [7, 11) is 0. The normalized spacial score (nSPS) is 10.5. The quantitative estimate of drug-likeness (QED) is 0.180. The number of alkyl halides is 1. The smallest absolute Gasteiger partial charge is 0.306 e. The van der Waals surface area contributed by atoms with Gasteiger partial charge in [0.25, 0.3) is 0 Å². The number of carbonyl (C=O) groups is 3. The number of hydrogen-bond acceptors (Lipinski definition) is 5. The molecule has 0 saturated heterocycles. The molecule has 1 aromatic rings. The van der Waals surface area contributed by atoms with Crippen molar-refractivity contribution < 1.29 is 29.0 Å². The van der Waals surface area contributed by atoms with Crippen LogP contribution in [0.3, 0.4) is 0 Å². The van der Waals surface area contributed by atoms with E-state index in [1.807, 2.05) is 0 Å². The summed E-state index contributed by atoms with van der Waals surface area (Å²) < 4.78 is 10.8. The van der Waals surface area contributed by atoms with E-state index in [-0.39, 0.29) is 31.0 Å². The Kier molecular flexibility index (Phi) is 12.2. The molecule has 7 heteroatoms. The van der Waals surface area contributed by atoms with Crippen molar-refractivity contribution in [2.24, 2.45) is 0 Å². The molecule has 1 aromatic carbocycles. The first-order valence-corrected chi connectivity index (χ1v) is 10.8. The van der Waals surface area contributed by atoms with Crippen molar-refractivity contribution in [2.45, 2.75) is 58.3 Å². The van der Waals surface area contributed by atoms with Crippen LogP contribution in [-0.4, -0.2) is 41.4 Å². The lowest BCUT2D eigenvalue weighted by molar-refractivity contribution is -0.143. The number of carboxylic acids is 1. The molecule has 0 aliphatic rings. The number of aryl methyl sites for hydroxylation is 1. The lowest BCUT2D eigenvalue weighted by Crippen LogP contribution is -2.08. The molecule has 0 heterocycles. The molecule has 1 N–H and O–H groups in total. The standard InChI is InChI=1S/C21H29BrO6/c1-2-27-21(26)12-10-17-15-16(18(23)7-6-8-20(24)25)9-11-19(17)28-14-5-3-4-13-22/h9,11,15H,2-8,10,12-14H2,1H3,(H,24,25). The number of carboxylic acid groups (broad SMARTS) is 1. The second-order valence-electron chi connectivity index (χ2n) is 6.40. The van der Waals surface area contributed by atoms with E-state index in [4.69, 9.17) is 14.6 Å². The Morgan fingerprint density at radius 2 is 1.82 bits per heavy atom. The van der Waals surface area contributed by atoms with E-state index in [0.717, 1.165) is 30.2 Å². The maximum absolute atomic E-state index is 12.3. The third kappa shape index (κ3) is 9.88. The number of ether oxygens (including phenoxy) is 2. The molecule has 0 bridgehead atoms. The third-order valence-electron chi connectivity index (χ3n) is 4.12. The Balaban J connectivity index is 2.78. The topological polar surface area (TPSA) is 89.9 Å². The number of rotatable bonds is 15. The molecular formula is C21H29BrO6. The molecule has 1 rings (SSSR count). The summed E-state index contributed by atoms with van der Waals surface area (Å²) in [5.74, 6) is -0.636. The van der Waals surface area contributed by atoms with Crippen molar-refractivity contribution in [3.8, 4) is 5.75 Å². The Morgan fingerprint density at radius 1 is 1.04 bits per heavy atom. The number of esters is 1. The van der Waals surface area contributed by atoms with E-state index < -0.39 is 5.97 Å². The first-order chi connectivity index (χ1) is 13.5. The summed E-state index contributed by atoms with van der Waals surface area (Å²) >= 11 is 3.40. The zero-order valence-electron chi connectivity index (χ0n) is 16.4. The Morgan fingerprint density at radius 3 is 2.50 bits per heavy atom. The third-order valence-corrected chi connectivity index (χ3v) is 4.68. The average Bonchev–Trinajstić information content (AvgIpc) is 2.66. The van der Waals surface area contributed by atoms with Crippen molar-refractivity contribution in [1.29, 1.82) is 0 Å². The van der Waals surface area contributed by atoms with Gasteiger partial charge in [0.2, 0.25) is 0 Å². The largest absolute Gasteiger partial charge is 0.493 e. The summed E-state index contributed by atoms with van der Waals surface area (Å²) in [6.07, 6.45) is 4.16. The number of benzene rings is 1. The zero-order chi connectivity index (χ0) is 20.8. The fourth-order valence-electron chi connectivity index (χ4n) is 2.66. The molecule has 28 heavy (non-hydrogen) atoms. The number of ketones is 1. The summed E-state index contributed by atoms with van der Waals surface area (Å²) in [4.78, 5) is 34.6. The molecule has 0 radical (unpaired) electrons. The van der Waals surface area contributed by atoms with Crippen LogP contribution in [0.4, 0.5) is 0 Å². The molecule has 0 aliphatic carbocycles. The fraction of sp³-hybridized carbons (Fsp3) is 0.571. The van der Waals surface area contributed by atoms with Gasteiger partial charge in [0.1, 0.15) is 5.75 Å². The van der Waals surface area contributed by atoms with Gasteiger partial charge in [-0.3, -0.25) is 14.4 Å². The second-order valence-corrected chi connectivity index (χ2v) is 7.19. The zero-order valence-corrected chi connectivity index (χ0v) is 18.0. The summed E-state index contributed by atoms with van der Waals surface area (Å²) in [5.41, 5.74) is 1.30. The van der Waals surface area contributed by atoms with Crippen LogP contribution in [0.15, 0.2) is 18.2 Å². The predicted octanol–water partition coefficient (Wildman–Crippen LogP) is 4.56. The summed E-state index contributed by atoms with van der Waals surface area (Å²) in [6.45, 7) is 2.67. The van der Waals surface area contributed by atoms with Gasteiger partial charge in [-0.15, -0.1) is 0 Å². The number of unbranched alkanes of at least 4 members (excludes halogenated alkanes) is 2. The average molecular weight is 457 g/mol. The van der Waals surface area contributed by atoms with Gasteiger partial charge in [-0.2, -0.15) is 0 Å². The van der Waals surface area contributed by atoms with Crippen LogP contribution in [-0.2, 0) is 20.7 Å². The van der Waals surface area contributed by atoms with Crippen LogP contribution < -0.4 is 4.74 Å². The van der Waals surface area contributed by atoms with E-state index in [0.29, 0.717) is 37.4 Å². The van der Waals surface area contributed by atoms with Crippen molar-refractivity contribution in [1.82, 2.24) is 0 Å². The second kappa shape index (κ2) is 14.2. The summed E-state index contributed by atoms with van der Waals surface area (Å²) in [5, 5.41) is 9.67. The summed E-state index contributed by atoms with van der Waals surface area (Å²) in [6, 6.07) is 5.20. The van der Waals surface area contributed by atoms with Crippen molar-refractivity contribution >= 4 is 33.7 Å². The maximum Gasteiger partial charge on any atom is 0.306 e. The van der Waals surface area contributed by atoms with Gasteiger partial charge in [-0.25, -0.2) is 0 Å². The number of halogens is 1. The van der Waals surface area contributed by atoms with Crippen molar-refractivity contribution in [2.75, 3.05) is 18.5 Å². The molecule has 0 unspecified atom stereocenters. The van der Waals surface area contributed by atoms with Crippen LogP contribution in [0.25, 0.3) is 0 Å². The van der Waals surface area contributed by atoms with Gasteiger partial charge in [0, 0.05) is 30.2 Å². The lowest BCUT2D eigenvalue weighted by Gasteiger charge is -2.13. The van der Waals surface area contributed by atoms with Crippen molar-refractivity contribution in [3.63, 3.8) is 0 Å². The minimum atomic E-state index is -0.911. The van der Waals surface area contributed by atoms with Gasteiger partial charge < -0.3 is 14.6 Å². The SMILES string of the molecule is CCOC(=O)CCc1cc(C(=O)CCCC(=O)O)ccc1OCCCCCBr. The molecule has 0 atom stereocenters. The highest BCUT2D eigenvalue weighted by Gasteiger charge is 2.13. The van der Waals surface area contributed by atoms with E-state index in [2.05, 4.69) is 15.9 Å². The molecule has 6 nitrogen and oxygen atoms in total. The van der Waals surface area contributed by atoms with Crippen molar-refractivity contribution in [3.05, 3.63) is 29.3 Å². The van der Waals surface area contributed by atoms with Crippen LogP contribution in [0.5, 0.6) is 5.75 Å². The van der Waals surface area contributed by atoms with Gasteiger partial charge >= 0.3 is 11.9 Å². The molecule has 0 spiro atoms. The Labute approximate surface area is 174 Å². The minimum absolute atomic E-state index is 0.0307. The minimum Gasteiger partial charge on any atom is -0.493 e. The van der Waals surface area contributed by atoms with E-state index in [1.165, 1.54) is 0 Å². The first kappa shape index (κ1) is 24.1. The van der Waals surface area contributed by atoms with Crippen LogP contribution in [0.2, 0.25) is 0 Å². The molecular weight excluding hydrogens is 428 g/mol. The van der Waals surface area contributed by atoms with E-state index in [9.17, 15) is 14.4 Å². The van der Waals surface area contributed by atoms with Gasteiger partial charge in [0.15, 0.2) is 5.78 Å². The van der Waals surface area contributed by atoms with E-state index >= 15 is 0 Å². The Bertz CT molecular complexity index is 644. The highest BCUT2D eigenvalue weighted by Crippen LogP contribution is 2.24. The number of aliphatic carboxylic acids is 1. The highest BCUT2D eigenvalue weighted by atomic mass is 79.9. The number of carbonyl (C=O) groups excluding carboxylic acids is 2. The van der Waals surface area contributed by atoms with Crippen LogP contribution in [0.1, 0.15) is 67.8 Å². The van der Waals surface area contributed by atoms with Crippen LogP contribution >= 0.6 is 15.9 Å². The number of Topliss-reactive ketones (excluding diaryl/α,β-unsaturated/α-hetero) is 1. The fourth-order valence-corrected chi connectivity index (χ4v) is 3.06. The molecule has 0 amide bonds. The van der Waals surface area contributed by atoms with Gasteiger partial charge in [0.05, 0.1) is 13.2 Å². The maximum atomic E-state index is 12.3. The van der Waals surface area contributed by atoms with Gasteiger partial charge in [-0.1, -0.05) is 15.9 Å². The Hall–Kier alpha value is -1.89. The molecule has 0 aliphatic heterocycles. The molecule has 0 fully saturated rings. The monoisotopic (exact) mass is 456 g/mol.